The van der Waals surface area contributed by atoms with Crippen LogP contribution >= 0.6 is 0 Å². The van der Waals surface area contributed by atoms with Crippen LogP contribution in [0.4, 0.5) is 0 Å². The van der Waals surface area contributed by atoms with Gasteiger partial charge in [-0.25, -0.2) is 0 Å². The molecule has 0 aromatic heterocycles. The van der Waals surface area contributed by atoms with Crippen molar-refractivity contribution in [3.63, 3.8) is 0 Å². The second-order valence-electron chi connectivity index (χ2n) is 5.41. The number of amides is 1. The second-order valence-corrected chi connectivity index (χ2v) is 5.41. The maximum atomic E-state index is 12.2. The maximum absolute atomic E-state index is 12.2. The molecule has 1 rings (SSSR count). The molecule has 0 atom stereocenters. The summed E-state index contributed by atoms with van der Waals surface area (Å²) in [5.74, 6) is 0.176. The summed E-state index contributed by atoms with van der Waals surface area (Å²) in [5, 5.41) is 9.02. The number of aliphatic hydroxyl groups is 1. The highest BCUT2D eigenvalue weighted by Gasteiger charge is 2.31. The molecule has 1 N–H and O–H groups in total. The van der Waals surface area contributed by atoms with Crippen LogP contribution in [0.15, 0.2) is 0 Å². The van der Waals surface area contributed by atoms with Crippen LogP contribution in [0.5, 0.6) is 0 Å². The minimum Gasteiger partial charge on any atom is -0.395 e. The van der Waals surface area contributed by atoms with Crippen LogP contribution in [-0.2, 0) is 4.79 Å². The quantitative estimate of drug-likeness (QED) is 0.727. The van der Waals surface area contributed by atoms with Gasteiger partial charge in [0.2, 0.25) is 5.91 Å². The summed E-state index contributed by atoms with van der Waals surface area (Å²) in [6, 6.07) is 0.989. The van der Waals surface area contributed by atoms with Gasteiger partial charge >= 0.3 is 0 Å². The monoisotopic (exact) mass is 242 g/mol. The standard InChI is InChI=1S/C13H26N2O2/c1-10(2)15(11(3)4)13(17)9-14(7-8-16)12-5-6-12/h10-12,16H,5-9H2,1-4H3. The van der Waals surface area contributed by atoms with E-state index < -0.39 is 0 Å². The van der Waals surface area contributed by atoms with E-state index in [9.17, 15) is 4.79 Å². The van der Waals surface area contributed by atoms with Crippen molar-refractivity contribution in [1.82, 2.24) is 9.80 Å². The molecule has 0 aliphatic heterocycles. The van der Waals surface area contributed by atoms with Crippen LogP contribution in [0.2, 0.25) is 0 Å². The smallest absolute Gasteiger partial charge is 0.237 e. The van der Waals surface area contributed by atoms with E-state index in [2.05, 4.69) is 4.90 Å². The fraction of sp³-hybridized carbons (Fsp3) is 0.923. The van der Waals surface area contributed by atoms with Gasteiger partial charge < -0.3 is 10.0 Å². The van der Waals surface area contributed by atoms with Gasteiger partial charge in [-0.05, 0) is 40.5 Å². The molecule has 4 heteroatoms. The third-order valence-corrected chi connectivity index (χ3v) is 3.19. The van der Waals surface area contributed by atoms with Gasteiger partial charge in [0.05, 0.1) is 13.2 Å². The lowest BCUT2D eigenvalue weighted by Gasteiger charge is -2.33. The molecular formula is C13H26N2O2. The first-order chi connectivity index (χ1) is 7.97. The fourth-order valence-electron chi connectivity index (χ4n) is 2.39. The molecule has 0 aromatic rings. The molecule has 1 aliphatic rings. The Bertz CT molecular complexity index is 242. The van der Waals surface area contributed by atoms with Crippen molar-refractivity contribution in [2.45, 2.75) is 58.7 Å². The zero-order valence-electron chi connectivity index (χ0n) is 11.5. The molecule has 4 nitrogen and oxygen atoms in total. The third kappa shape index (κ3) is 4.28. The van der Waals surface area contributed by atoms with Gasteiger partial charge in [0.1, 0.15) is 0 Å². The highest BCUT2D eigenvalue weighted by Crippen LogP contribution is 2.26. The molecule has 0 radical (unpaired) electrons. The number of hydrogen-bond acceptors (Lipinski definition) is 3. The lowest BCUT2D eigenvalue weighted by molar-refractivity contribution is -0.136. The summed E-state index contributed by atoms with van der Waals surface area (Å²) in [6.07, 6.45) is 2.33. The average Bonchev–Trinajstić information content (AvgIpc) is 2.98. The van der Waals surface area contributed by atoms with E-state index in [0.29, 0.717) is 19.1 Å². The summed E-state index contributed by atoms with van der Waals surface area (Å²) in [6.45, 7) is 9.38. The Hall–Kier alpha value is -0.610. The molecule has 0 aromatic carbocycles. The van der Waals surface area contributed by atoms with Crippen molar-refractivity contribution in [2.24, 2.45) is 0 Å². The van der Waals surface area contributed by atoms with Crippen LogP contribution < -0.4 is 0 Å². The third-order valence-electron chi connectivity index (χ3n) is 3.19. The molecule has 17 heavy (non-hydrogen) atoms. The predicted octanol–water partition coefficient (Wildman–Crippen LogP) is 1.09. The van der Waals surface area contributed by atoms with Crippen molar-refractivity contribution in [2.75, 3.05) is 19.7 Å². The Kier molecular flexibility index (Phi) is 5.40. The molecule has 0 spiro atoms. The Balaban J connectivity index is 2.54. The van der Waals surface area contributed by atoms with E-state index in [1.165, 1.54) is 0 Å². The van der Waals surface area contributed by atoms with Crippen molar-refractivity contribution < 1.29 is 9.90 Å². The van der Waals surface area contributed by atoms with Crippen molar-refractivity contribution >= 4 is 5.91 Å². The Morgan fingerprint density at radius 2 is 1.76 bits per heavy atom. The highest BCUT2D eigenvalue weighted by molar-refractivity contribution is 5.79. The number of carbonyl (C=O) groups excluding carboxylic acids is 1. The zero-order chi connectivity index (χ0) is 13.0. The van der Waals surface area contributed by atoms with Gasteiger partial charge in [-0.3, -0.25) is 9.69 Å². The topological polar surface area (TPSA) is 43.8 Å². The normalized spacial score (nSPS) is 16.0. The molecule has 1 amide bonds. The Morgan fingerprint density at radius 3 is 2.12 bits per heavy atom. The molecule has 1 fully saturated rings. The molecule has 1 aliphatic carbocycles. The summed E-state index contributed by atoms with van der Waals surface area (Å²) >= 11 is 0. The van der Waals surface area contributed by atoms with E-state index in [1.807, 2.05) is 32.6 Å². The number of hydrogen-bond donors (Lipinski definition) is 1. The Morgan fingerprint density at radius 1 is 1.24 bits per heavy atom. The molecule has 0 unspecified atom stereocenters. The van der Waals surface area contributed by atoms with Crippen molar-refractivity contribution in [1.29, 1.82) is 0 Å². The lowest BCUT2D eigenvalue weighted by atomic mass is 10.2. The summed E-state index contributed by atoms with van der Waals surface area (Å²) < 4.78 is 0. The Labute approximate surface area is 105 Å². The van der Waals surface area contributed by atoms with Gasteiger partial charge in [0.15, 0.2) is 0 Å². The average molecular weight is 242 g/mol. The molecule has 0 bridgehead atoms. The summed E-state index contributed by atoms with van der Waals surface area (Å²) in [5.41, 5.74) is 0. The minimum absolute atomic E-state index is 0.132. The van der Waals surface area contributed by atoms with Crippen LogP contribution in [0, 0.1) is 0 Å². The molecular weight excluding hydrogens is 216 g/mol. The first kappa shape index (κ1) is 14.5. The fourth-order valence-corrected chi connectivity index (χ4v) is 2.39. The molecule has 1 saturated carbocycles. The molecule has 0 heterocycles. The van der Waals surface area contributed by atoms with Gasteiger partial charge in [-0.15, -0.1) is 0 Å². The number of nitrogens with zero attached hydrogens (tertiary/aromatic N) is 2. The summed E-state index contributed by atoms with van der Waals surface area (Å²) in [4.78, 5) is 16.3. The van der Waals surface area contributed by atoms with E-state index in [0.717, 1.165) is 12.8 Å². The zero-order valence-corrected chi connectivity index (χ0v) is 11.5. The number of carbonyl (C=O) groups is 1. The van der Waals surface area contributed by atoms with Gasteiger partial charge in [-0.1, -0.05) is 0 Å². The van der Waals surface area contributed by atoms with E-state index in [4.69, 9.17) is 5.11 Å². The first-order valence-corrected chi connectivity index (χ1v) is 6.63. The lowest BCUT2D eigenvalue weighted by Crippen LogP contribution is -2.48. The molecule has 100 valence electrons. The van der Waals surface area contributed by atoms with Crippen LogP contribution in [0.1, 0.15) is 40.5 Å². The maximum Gasteiger partial charge on any atom is 0.237 e. The highest BCUT2D eigenvalue weighted by atomic mass is 16.3. The number of aliphatic hydroxyl groups excluding tert-OH is 1. The van der Waals surface area contributed by atoms with Crippen molar-refractivity contribution in [3.8, 4) is 0 Å². The SMILES string of the molecule is CC(C)N(C(=O)CN(CCO)C1CC1)C(C)C. The first-order valence-electron chi connectivity index (χ1n) is 6.63. The van der Waals surface area contributed by atoms with Gasteiger partial charge in [0, 0.05) is 24.7 Å². The predicted molar refractivity (Wildman–Crippen MR) is 68.8 cm³/mol. The number of rotatable bonds is 7. The second kappa shape index (κ2) is 6.36. The molecule has 0 saturated heterocycles. The summed E-state index contributed by atoms with van der Waals surface area (Å²) in [7, 11) is 0. The van der Waals surface area contributed by atoms with E-state index in [-0.39, 0.29) is 24.6 Å². The van der Waals surface area contributed by atoms with Crippen LogP contribution in [0.25, 0.3) is 0 Å². The van der Waals surface area contributed by atoms with Crippen LogP contribution in [0.3, 0.4) is 0 Å². The van der Waals surface area contributed by atoms with Crippen molar-refractivity contribution in [3.05, 3.63) is 0 Å². The van der Waals surface area contributed by atoms with Gasteiger partial charge in [0.25, 0.3) is 0 Å². The largest absolute Gasteiger partial charge is 0.395 e. The van der Waals surface area contributed by atoms with Crippen LogP contribution in [-0.4, -0.2) is 58.6 Å². The van der Waals surface area contributed by atoms with E-state index >= 15 is 0 Å². The van der Waals surface area contributed by atoms with Gasteiger partial charge in [-0.2, -0.15) is 0 Å². The van der Waals surface area contributed by atoms with E-state index in [1.54, 1.807) is 0 Å². The minimum atomic E-state index is 0.132.